The largest absolute Gasteiger partial charge is 0.351 e. The van der Waals surface area contributed by atoms with Crippen molar-refractivity contribution in [3.63, 3.8) is 0 Å². The maximum absolute atomic E-state index is 11.6. The van der Waals surface area contributed by atoms with Crippen LogP contribution in [0.5, 0.6) is 0 Å². The molecule has 0 saturated carbocycles. The van der Waals surface area contributed by atoms with Crippen molar-refractivity contribution < 1.29 is 4.79 Å². The maximum Gasteiger partial charge on any atom is 0.254 e. The molecule has 0 spiro atoms. The second-order valence-corrected chi connectivity index (χ2v) is 3.20. The molecular weight excluding hydrogens is 190 g/mol. The van der Waals surface area contributed by atoms with Gasteiger partial charge in [0.2, 0.25) is 0 Å². The van der Waals surface area contributed by atoms with Crippen molar-refractivity contribution >= 4 is 5.91 Å². The van der Waals surface area contributed by atoms with E-state index in [1.54, 1.807) is 17.8 Å². The predicted molar refractivity (Wildman–Crippen MR) is 58.3 cm³/mol. The molecule has 4 heteroatoms. The van der Waals surface area contributed by atoms with Crippen molar-refractivity contribution in [3.05, 3.63) is 17.5 Å². The highest BCUT2D eigenvalue weighted by Gasteiger charge is 2.11. The Labute approximate surface area is 89.7 Å². The number of hydrogen-bond acceptors (Lipinski definition) is 2. The zero-order chi connectivity index (χ0) is 11.3. The first-order valence-electron chi connectivity index (χ1n) is 4.83. The Morgan fingerprint density at radius 3 is 2.93 bits per heavy atom. The van der Waals surface area contributed by atoms with Crippen molar-refractivity contribution in [2.45, 2.75) is 20.3 Å². The van der Waals surface area contributed by atoms with Gasteiger partial charge < -0.3 is 5.32 Å². The third-order valence-corrected chi connectivity index (χ3v) is 2.19. The molecule has 0 aliphatic rings. The van der Waals surface area contributed by atoms with E-state index >= 15 is 0 Å². The maximum atomic E-state index is 11.6. The summed E-state index contributed by atoms with van der Waals surface area (Å²) in [7, 11) is 1.81. The Kier molecular flexibility index (Phi) is 3.92. The molecule has 1 amide bonds. The van der Waals surface area contributed by atoms with Gasteiger partial charge in [-0.3, -0.25) is 9.48 Å². The van der Waals surface area contributed by atoms with Crippen molar-refractivity contribution in [2.24, 2.45) is 7.05 Å². The van der Waals surface area contributed by atoms with Crippen LogP contribution in [0.4, 0.5) is 0 Å². The Bertz CT molecular complexity index is 409. The molecule has 0 aliphatic heterocycles. The summed E-state index contributed by atoms with van der Waals surface area (Å²) < 4.78 is 1.68. The van der Waals surface area contributed by atoms with Crippen LogP contribution in [0.25, 0.3) is 0 Å². The molecule has 0 unspecified atom stereocenters. The lowest BCUT2D eigenvalue weighted by molar-refractivity contribution is 0.0954. The van der Waals surface area contributed by atoms with E-state index < -0.39 is 0 Å². The highest BCUT2D eigenvalue weighted by atomic mass is 16.1. The van der Waals surface area contributed by atoms with E-state index in [0.717, 1.165) is 5.69 Å². The van der Waals surface area contributed by atoms with Crippen molar-refractivity contribution in [2.75, 3.05) is 6.54 Å². The van der Waals surface area contributed by atoms with Crippen molar-refractivity contribution in [1.82, 2.24) is 15.1 Å². The monoisotopic (exact) mass is 205 g/mol. The number of hydrogen-bond donors (Lipinski definition) is 1. The van der Waals surface area contributed by atoms with Crippen LogP contribution in [0.3, 0.4) is 0 Å². The number of carbonyl (C=O) groups is 1. The quantitative estimate of drug-likeness (QED) is 0.588. The highest BCUT2D eigenvalue weighted by Crippen LogP contribution is 2.04. The fraction of sp³-hybridized carbons (Fsp3) is 0.455. The lowest BCUT2D eigenvalue weighted by Gasteiger charge is -2.01. The summed E-state index contributed by atoms with van der Waals surface area (Å²) in [5.41, 5.74) is 1.50. The molecule has 0 radical (unpaired) electrons. The number of aryl methyl sites for hydroxylation is 1. The Hall–Kier alpha value is -1.76. The molecule has 0 aliphatic carbocycles. The molecule has 0 saturated heterocycles. The molecule has 0 atom stereocenters. The second kappa shape index (κ2) is 5.20. The number of nitrogens with zero attached hydrogens (tertiary/aromatic N) is 2. The standard InChI is InChI=1S/C11H15N3O/c1-4-5-6-7-12-11(15)10-8-13-14(3)9(10)2/h8H,6-7H2,1-3H3,(H,12,15). The van der Waals surface area contributed by atoms with E-state index in [-0.39, 0.29) is 5.91 Å². The Morgan fingerprint density at radius 1 is 1.67 bits per heavy atom. The van der Waals surface area contributed by atoms with E-state index in [9.17, 15) is 4.79 Å². The molecular formula is C11H15N3O. The SMILES string of the molecule is CC#CCCNC(=O)c1cnn(C)c1C. The van der Waals surface area contributed by atoms with Gasteiger partial charge in [-0.2, -0.15) is 5.10 Å². The summed E-state index contributed by atoms with van der Waals surface area (Å²) in [5.74, 6) is 5.58. The summed E-state index contributed by atoms with van der Waals surface area (Å²) in [4.78, 5) is 11.6. The molecule has 15 heavy (non-hydrogen) atoms. The second-order valence-electron chi connectivity index (χ2n) is 3.20. The fourth-order valence-electron chi connectivity index (χ4n) is 1.18. The molecule has 80 valence electrons. The minimum Gasteiger partial charge on any atom is -0.351 e. The molecule has 1 N–H and O–H groups in total. The van der Waals surface area contributed by atoms with Gasteiger partial charge in [0.05, 0.1) is 11.8 Å². The lowest BCUT2D eigenvalue weighted by Crippen LogP contribution is -2.24. The molecule has 0 fully saturated rings. The van der Waals surface area contributed by atoms with Gasteiger partial charge in [-0.15, -0.1) is 11.8 Å². The normalized spacial score (nSPS) is 9.27. The third kappa shape index (κ3) is 2.84. The van der Waals surface area contributed by atoms with Gasteiger partial charge in [-0.1, -0.05) is 0 Å². The molecule has 4 nitrogen and oxygen atoms in total. The Morgan fingerprint density at radius 2 is 2.40 bits per heavy atom. The highest BCUT2D eigenvalue weighted by molar-refractivity contribution is 5.94. The Balaban J connectivity index is 2.53. The summed E-state index contributed by atoms with van der Waals surface area (Å²) in [6.45, 7) is 4.23. The molecule has 0 aromatic carbocycles. The van der Waals surface area contributed by atoms with Crippen molar-refractivity contribution in [1.29, 1.82) is 0 Å². The van der Waals surface area contributed by atoms with Crippen LogP contribution >= 0.6 is 0 Å². The smallest absolute Gasteiger partial charge is 0.254 e. The number of carbonyl (C=O) groups excluding carboxylic acids is 1. The van der Waals surface area contributed by atoms with E-state index in [1.807, 2.05) is 14.0 Å². The van der Waals surface area contributed by atoms with Gasteiger partial charge in [0.1, 0.15) is 0 Å². The third-order valence-electron chi connectivity index (χ3n) is 2.19. The first kappa shape index (κ1) is 11.3. The van der Waals surface area contributed by atoms with Gasteiger partial charge in [0, 0.05) is 25.7 Å². The summed E-state index contributed by atoms with van der Waals surface area (Å²) in [6, 6.07) is 0. The van der Waals surface area contributed by atoms with Crippen LogP contribution in [0.2, 0.25) is 0 Å². The van der Waals surface area contributed by atoms with Crippen LogP contribution < -0.4 is 5.32 Å². The summed E-state index contributed by atoms with van der Waals surface area (Å²) >= 11 is 0. The van der Waals surface area contributed by atoms with Gasteiger partial charge in [-0.25, -0.2) is 0 Å². The summed E-state index contributed by atoms with van der Waals surface area (Å²) in [6.07, 6.45) is 2.26. The molecule has 1 aromatic rings. The summed E-state index contributed by atoms with van der Waals surface area (Å²) in [5, 5.41) is 6.80. The van der Waals surface area contributed by atoms with E-state index in [0.29, 0.717) is 18.5 Å². The lowest BCUT2D eigenvalue weighted by atomic mass is 10.2. The van der Waals surface area contributed by atoms with Crippen LogP contribution in [0.1, 0.15) is 29.4 Å². The minimum atomic E-state index is -0.0847. The van der Waals surface area contributed by atoms with Crippen LogP contribution in [0, 0.1) is 18.8 Å². The first-order valence-corrected chi connectivity index (χ1v) is 4.83. The molecule has 1 rings (SSSR count). The zero-order valence-electron chi connectivity index (χ0n) is 9.29. The number of nitrogens with one attached hydrogen (secondary N) is 1. The zero-order valence-corrected chi connectivity index (χ0v) is 9.29. The van der Waals surface area contributed by atoms with E-state index in [4.69, 9.17) is 0 Å². The number of amides is 1. The van der Waals surface area contributed by atoms with Crippen LogP contribution in [0.15, 0.2) is 6.20 Å². The fourth-order valence-corrected chi connectivity index (χ4v) is 1.18. The average Bonchev–Trinajstić information content (AvgIpc) is 2.55. The van der Waals surface area contributed by atoms with E-state index in [1.165, 1.54) is 0 Å². The molecule has 1 heterocycles. The van der Waals surface area contributed by atoms with Gasteiger partial charge in [0.15, 0.2) is 0 Å². The van der Waals surface area contributed by atoms with Gasteiger partial charge in [0.25, 0.3) is 5.91 Å². The van der Waals surface area contributed by atoms with Crippen molar-refractivity contribution in [3.8, 4) is 11.8 Å². The number of aromatic nitrogens is 2. The topological polar surface area (TPSA) is 46.9 Å². The first-order chi connectivity index (χ1) is 7.16. The molecule has 1 aromatic heterocycles. The van der Waals surface area contributed by atoms with Crippen LogP contribution in [-0.4, -0.2) is 22.2 Å². The number of rotatable bonds is 3. The molecule has 0 bridgehead atoms. The van der Waals surface area contributed by atoms with E-state index in [2.05, 4.69) is 22.3 Å². The van der Waals surface area contributed by atoms with Gasteiger partial charge in [-0.05, 0) is 13.8 Å². The predicted octanol–water partition coefficient (Wildman–Crippen LogP) is 0.872. The average molecular weight is 205 g/mol. The van der Waals surface area contributed by atoms with Crippen LogP contribution in [-0.2, 0) is 7.05 Å². The van der Waals surface area contributed by atoms with Gasteiger partial charge >= 0.3 is 0 Å². The minimum absolute atomic E-state index is 0.0847.